The number of methoxy groups -OCH3 is 1. The summed E-state index contributed by atoms with van der Waals surface area (Å²) in [5.41, 5.74) is 2.45. The van der Waals surface area contributed by atoms with Crippen molar-refractivity contribution < 1.29 is 19.4 Å². The molecule has 0 saturated heterocycles. The normalized spacial score (nSPS) is 10.8. The number of carboxylic acid groups (broad SMARTS) is 1. The van der Waals surface area contributed by atoms with E-state index in [0.29, 0.717) is 5.56 Å². The van der Waals surface area contributed by atoms with Crippen LogP contribution >= 0.6 is 11.3 Å². The summed E-state index contributed by atoms with van der Waals surface area (Å²) >= 11 is 1.62. The zero-order valence-electron chi connectivity index (χ0n) is 14.0. The molecule has 0 radical (unpaired) electrons. The summed E-state index contributed by atoms with van der Waals surface area (Å²) in [6, 6.07) is 15.6. The molecule has 130 valence electrons. The minimum atomic E-state index is -1.01. The fraction of sp³-hybridized carbons (Fsp3) is 0.0476. The van der Waals surface area contributed by atoms with E-state index >= 15 is 0 Å². The monoisotopic (exact) mass is 364 g/mol. The summed E-state index contributed by atoms with van der Waals surface area (Å²) in [5.74, 6) is -0.422. The third kappa shape index (κ3) is 3.90. The van der Waals surface area contributed by atoms with Crippen LogP contribution < -0.4 is 4.74 Å². The zero-order valence-corrected chi connectivity index (χ0v) is 14.8. The van der Waals surface area contributed by atoms with Crippen LogP contribution in [0.4, 0.5) is 0 Å². The lowest BCUT2D eigenvalue weighted by Gasteiger charge is -2.07. The van der Waals surface area contributed by atoms with Gasteiger partial charge in [0.15, 0.2) is 5.78 Å². The van der Waals surface area contributed by atoms with Gasteiger partial charge in [0.1, 0.15) is 5.75 Å². The molecule has 0 aliphatic rings. The average Bonchev–Trinajstić information content (AvgIpc) is 3.20. The van der Waals surface area contributed by atoms with Crippen LogP contribution in [0.1, 0.15) is 26.3 Å². The van der Waals surface area contributed by atoms with Gasteiger partial charge in [0.25, 0.3) is 0 Å². The molecule has 26 heavy (non-hydrogen) atoms. The maximum absolute atomic E-state index is 12.3. The van der Waals surface area contributed by atoms with Crippen LogP contribution in [0.15, 0.2) is 66.1 Å². The molecule has 0 spiro atoms. The van der Waals surface area contributed by atoms with Crippen LogP contribution in [0.2, 0.25) is 0 Å². The first-order valence-electron chi connectivity index (χ1n) is 7.86. The Morgan fingerprint density at radius 3 is 2.38 bits per heavy atom. The van der Waals surface area contributed by atoms with E-state index in [-0.39, 0.29) is 11.3 Å². The number of ketones is 1. The highest BCUT2D eigenvalue weighted by Gasteiger charge is 2.08. The van der Waals surface area contributed by atoms with Crippen molar-refractivity contribution in [2.75, 3.05) is 7.11 Å². The fourth-order valence-electron chi connectivity index (χ4n) is 2.50. The second kappa shape index (κ2) is 7.80. The molecule has 1 aromatic heterocycles. The minimum Gasteiger partial charge on any atom is -0.496 e. The molecule has 3 rings (SSSR count). The van der Waals surface area contributed by atoms with E-state index in [1.54, 1.807) is 24.5 Å². The van der Waals surface area contributed by atoms with Crippen molar-refractivity contribution >= 4 is 29.2 Å². The Labute approximate surface area is 155 Å². The molecule has 0 saturated carbocycles. The predicted octanol–water partition coefficient (Wildman–Crippen LogP) is 5.02. The number of hydrogen-bond donors (Lipinski definition) is 1. The van der Waals surface area contributed by atoms with Gasteiger partial charge >= 0.3 is 5.97 Å². The molecule has 0 bridgehead atoms. The molecule has 3 aromatic rings. The van der Waals surface area contributed by atoms with Crippen molar-refractivity contribution in [3.63, 3.8) is 0 Å². The van der Waals surface area contributed by atoms with Gasteiger partial charge in [0, 0.05) is 16.0 Å². The molecule has 1 heterocycles. The van der Waals surface area contributed by atoms with Crippen LogP contribution in [0, 0.1) is 0 Å². The lowest BCUT2D eigenvalue weighted by molar-refractivity contribution is 0.0696. The highest BCUT2D eigenvalue weighted by Crippen LogP contribution is 2.34. The van der Waals surface area contributed by atoms with Crippen LogP contribution in [0.5, 0.6) is 5.75 Å². The van der Waals surface area contributed by atoms with Crippen LogP contribution in [0.25, 0.3) is 16.5 Å². The van der Waals surface area contributed by atoms with Crippen molar-refractivity contribution in [1.82, 2.24) is 0 Å². The van der Waals surface area contributed by atoms with Gasteiger partial charge in [0.05, 0.1) is 12.7 Å². The zero-order chi connectivity index (χ0) is 18.5. The van der Waals surface area contributed by atoms with Crippen molar-refractivity contribution in [3.8, 4) is 16.2 Å². The third-order valence-electron chi connectivity index (χ3n) is 3.85. The molecule has 2 aromatic carbocycles. The second-order valence-corrected chi connectivity index (χ2v) is 6.46. The second-order valence-electron chi connectivity index (χ2n) is 5.52. The van der Waals surface area contributed by atoms with Crippen LogP contribution in [-0.4, -0.2) is 24.0 Å². The summed E-state index contributed by atoms with van der Waals surface area (Å²) < 4.78 is 5.42. The number of thiophene rings is 1. The van der Waals surface area contributed by atoms with Gasteiger partial charge in [-0.1, -0.05) is 30.3 Å². The van der Waals surface area contributed by atoms with Crippen LogP contribution in [0.3, 0.4) is 0 Å². The topological polar surface area (TPSA) is 63.6 Å². The Morgan fingerprint density at radius 2 is 1.77 bits per heavy atom. The van der Waals surface area contributed by atoms with Gasteiger partial charge in [0.2, 0.25) is 0 Å². The van der Waals surface area contributed by atoms with Gasteiger partial charge in [-0.3, -0.25) is 4.79 Å². The van der Waals surface area contributed by atoms with Crippen molar-refractivity contribution in [2.45, 2.75) is 0 Å². The van der Waals surface area contributed by atoms with E-state index in [1.165, 1.54) is 30.3 Å². The average molecular weight is 364 g/mol. The Morgan fingerprint density at radius 1 is 1.04 bits per heavy atom. The molecule has 0 aliphatic heterocycles. The van der Waals surface area contributed by atoms with E-state index in [9.17, 15) is 9.59 Å². The molecule has 0 atom stereocenters. The molecule has 0 aliphatic carbocycles. The van der Waals surface area contributed by atoms with E-state index < -0.39 is 5.97 Å². The first kappa shape index (κ1) is 17.6. The predicted molar refractivity (Wildman–Crippen MR) is 103 cm³/mol. The lowest BCUT2D eigenvalue weighted by Crippen LogP contribution is -1.98. The van der Waals surface area contributed by atoms with E-state index in [2.05, 4.69) is 0 Å². The summed E-state index contributed by atoms with van der Waals surface area (Å²) in [4.78, 5) is 24.2. The molecule has 1 N–H and O–H groups in total. The number of aromatic carboxylic acids is 1. The van der Waals surface area contributed by atoms with Crippen molar-refractivity contribution in [3.05, 3.63) is 82.7 Å². The summed E-state index contributed by atoms with van der Waals surface area (Å²) in [7, 11) is 1.63. The molecular weight excluding hydrogens is 348 g/mol. The van der Waals surface area contributed by atoms with Gasteiger partial charge in [-0.15, -0.1) is 11.3 Å². The Balaban J connectivity index is 1.83. The Hall–Kier alpha value is -3.18. The van der Waals surface area contributed by atoms with E-state index in [4.69, 9.17) is 9.84 Å². The fourth-order valence-corrected chi connectivity index (χ4v) is 3.25. The maximum atomic E-state index is 12.3. The summed E-state index contributed by atoms with van der Waals surface area (Å²) in [6.07, 6.45) is 3.22. The van der Waals surface area contributed by atoms with Gasteiger partial charge in [-0.2, -0.15) is 0 Å². The van der Waals surface area contributed by atoms with Gasteiger partial charge in [-0.25, -0.2) is 4.79 Å². The number of carbonyl (C=O) groups excluding carboxylic acids is 1. The highest BCUT2D eigenvalue weighted by atomic mass is 32.1. The quantitative estimate of drug-likeness (QED) is 0.493. The lowest BCUT2D eigenvalue weighted by atomic mass is 10.0. The molecule has 0 amide bonds. The Bertz CT molecular complexity index is 954. The van der Waals surface area contributed by atoms with Gasteiger partial charge < -0.3 is 9.84 Å². The number of hydrogen-bond acceptors (Lipinski definition) is 4. The number of carbonyl (C=O) groups is 2. The SMILES string of the molecule is COc1ccc(/C=C/C(=O)c2ccc(C(=O)O)cc2)cc1-c1cccs1. The molecule has 0 fully saturated rings. The van der Waals surface area contributed by atoms with E-state index in [0.717, 1.165) is 21.8 Å². The number of carboxylic acids is 1. The van der Waals surface area contributed by atoms with Gasteiger partial charge in [-0.05, 0) is 47.4 Å². The third-order valence-corrected chi connectivity index (χ3v) is 4.76. The summed E-state index contributed by atoms with van der Waals surface area (Å²) in [6.45, 7) is 0. The first-order valence-corrected chi connectivity index (χ1v) is 8.74. The highest BCUT2D eigenvalue weighted by molar-refractivity contribution is 7.13. The van der Waals surface area contributed by atoms with E-state index in [1.807, 2.05) is 35.7 Å². The first-order chi connectivity index (χ1) is 12.6. The molecule has 5 heteroatoms. The van der Waals surface area contributed by atoms with Crippen LogP contribution in [-0.2, 0) is 0 Å². The molecule has 0 unspecified atom stereocenters. The number of rotatable bonds is 6. The standard InChI is InChI=1S/C21H16O4S/c1-25-19-11-5-14(13-17(19)20-3-2-12-26-20)4-10-18(22)15-6-8-16(9-7-15)21(23)24/h2-13H,1H3,(H,23,24)/b10-4+. The minimum absolute atomic E-state index is 0.154. The van der Waals surface area contributed by atoms with Crippen molar-refractivity contribution in [1.29, 1.82) is 0 Å². The molecule has 4 nitrogen and oxygen atoms in total. The summed E-state index contributed by atoms with van der Waals surface area (Å²) in [5, 5.41) is 10.9. The Kier molecular flexibility index (Phi) is 5.29. The largest absolute Gasteiger partial charge is 0.496 e. The number of allylic oxidation sites excluding steroid dienone is 1. The number of benzene rings is 2. The van der Waals surface area contributed by atoms with Crippen molar-refractivity contribution in [2.24, 2.45) is 0 Å². The maximum Gasteiger partial charge on any atom is 0.335 e. The molecular formula is C21H16O4S. The smallest absolute Gasteiger partial charge is 0.335 e. The number of ether oxygens (including phenoxy) is 1.